The number of benzene rings is 2. The summed E-state index contributed by atoms with van der Waals surface area (Å²) in [5.41, 5.74) is 5.00. The van der Waals surface area contributed by atoms with Crippen molar-refractivity contribution in [1.29, 1.82) is 0 Å². The van der Waals surface area contributed by atoms with Crippen molar-refractivity contribution in [3.63, 3.8) is 0 Å². The first-order chi connectivity index (χ1) is 16.6. The van der Waals surface area contributed by atoms with Crippen molar-refractivity contribution in [3.8, 4) is 22.8 Å². The smallest absolute Gasteiger partial charge is 0.250 e. The monoisotopic (exact) mass is 492 g/mol. The lowest BCUT2D eigenvalue weighted by molar-refractivity contribution is -0.118. The minimum atomic E-state index is -0.264. The molecular formula is C24H21ClN6O2S. The second-order valence-electron chi connectivity index (χ2n) is 6.94. The Bertz CT molecular complexity index is 1260. The van der Waals surface area contributed by atoms with E-state index in [4.69, 9.17) is 16.3 Å². The van der Waals surface area contributed by atoms with Crippen LogP contribution in [0.3, 0.4) is 0 Å². The summed E-state index contributed by atoms with van der Waals surface area (Å²) in [7, 11) is 0. The van der Waals surface area contributed by atoms with Gasteiger partial charge in [0.1, 0.15) is 5.75 Å². The van der Waals surface area contributed by atoms with Crippen LogP contribution < -0.4 is 10.2 Å². The second kappa shape index (κ2) is 11.4. The van der Waals surface area contributed by atoms with Gasteiger partial charge in [-0.3, -0.25) is 14.3 Å². The number of pyridine rings is 1. The zero-order chi connectivity index (χ0) is 23.8. The Morgan fingerprint density at radius 3 is 2.65 bits per heavy atom. The highest BCUT2D eigenvalue weighted by Gasteiger charge is 2.17. The number of thioether (sulfide) groups is 1. The third-order valence-corrected chi connectivity index (χ3v) is 5.74. The van der Waals surface area contributed by atoms with Crippen LogP contribution >= 0.6 is 23.4 Å². The number of carbonyl (C=O) groups excluding carboxylic acids is 1. The topological polar surface area (TPSA) is 94.3 Å². The Hall–Kier alpha value is -3.69. The molecule has 1 amide bonds. The van der Waals surface area contributed by atoms with Crippen LogP contribution in [0.2, 0.25) is 5.02 Å². The van der Waals surface area contributed by atoms with Crippen LogP contribution in [0.25, 0.3) is 17.1 Å². The van der Waals surface area contributed by atoms with Gasteiger partial charge in [0.25, 0.3) is 5.91 Å². The normalized spacial score (nSPS) is 11.0. The molecule has 10 heteroatoms. The highest BCUT2D eigenvalue weighted by molar-refractivity contribution is 7.99. The maximum absolute atomic E-state index is 12.3. The van der Waals surface area contributed by atoms with Crippen molar-refractivity contribution in [2.75, 3.05) is 12.4 Å². The number of rotatable bonds is 9. The number of nitrogens with zero attached hydrogens (tertiary/aromatic N) is 5. The third kappa shape index (κ3) is 6.00. The summed E-state index contributed by atoms with van der Waals surface area (Å²) >= 11 is 7.32. The molecule has 4 aromatic rings. The molecule has 34 heavy (non-hydrogen) atoms. The summed E-state index contributed by atoms with van der Waals surface area (Å²) in [6.07, 6.45) is 4.87. The average Bonchev–Trinajstić information content (AvgIpc) is 3.28. The van der Waals surface area contributed by atoms with E-state index in [1.165, 1.54) is 18.0 Å². The Morgan fingerprint density at radius 2 is 1.94 bits per heavy atom. The third-order valence-electron chi connectivity index (χ3n) is 4.56. The van der Waals surface area contributed by atoms with Crippen LogP contribution in [0.1, 0.15) is 12.5 Å². The van der Waals surface area contributed by atoms with Gasteiger partial charge in [0.2, 0.25) is 0 Å². The van der Waals surface area contributed by atoms with Crippen molar-refractivity contribution in [1.82, 2.24) is 25.2 Å². The molecule has 0 bridgehead atoms. The van der Waals surface area contributed by atoms with Gasteiger partial charge < -0.3 is 4.74 Å². The average molecular weight is 493 g/mol. The summed E-state index contributed by atoms with van der Waals surface area (Å²) in [6.45, 7) is 2.52. The highest BCUT2D eigenvalue weighted by atomic mass is 35.5. The van der Waals surface area contributed by atoms with E-state index in [0.717, 1.165) is 22.6 Å². The summed E-state index contributed by atoms with van der Waals surface area (Å²) < 4.78 is 7.45. The molecule has 0 atom stereocenters. The molecular weight excluding hydrogens is 472 g/mol. The highest BCUT2D eigenvalue weighted by Crippen LogP contribution is 2.29. The van der Waals surface area contributed by atoms with Crippen molar-refractivity contribution in [3.05, 3.63) is 83.6 Å². The van der Waals surface area contributed by atoms with Gasteiger partial charge in [0.15, 0.2) is 11.0 Å². The van der Waals surface area contributed by atoms with Gasteiger partial charge in [0, 0.05) is 34.2 Å². The molecule has 0 spiro atoms. The molecule has 2 aromatic carbocycles. The molecule has 2 heterocycles. The van der Waals surface area contributed by atoms with Crippen LogP contribution in [0.5, 0.6) is 5.75 Å². The number of halogens is 1. The van der Waals surface area contributed by atoms with Crippen LogP contribution in [-0.4, -0.2) is 44.2 Å². The largest absolute Gasteiger partial charge is 0.494 e. The maximum Gasteiger partial charge on any atom is 0.250 e. The SMILES string of the molecule is CCOc1ccc(-n2c(SCC(=O)NN=Cc3cccnc3)nnc2-c2ccc(Cl)cc2)cc1. The van der Waals surface area contributed by atoms with E-state index in [2.05, 4.69) is 25.7 Å². The zero-order valence-corrected chi connectivity index (χ0v) is 19.8. The molecule has 2 aromatic heterocycles. The van der Waals surface area contributed by atoms with Crippen LogP contribution in [0, 0.1) is 0 Å². The summed E-state index contributed by atoms with van der Waals surface area (Å²) in [4.78, 5) is 16.3. The predicted molar refractivity (Wildman–Crippen MR) is 134 cm³/mol. The van der Waals surface area contributed by atoms with Crippen molar-refractivity contribution < 1.29 is 9.53 Å². The van der Waals surface area contributed by atoms with E-state index < -0.39 is 0 Å². The van der Waals surface area contributed by atoms with E-state index in [1.807, 2.05) is 54.0 Å². The molecule has 0 saturated heterocycles. The summed E-state index contributed by atoms with van der Waals surface area (Å²) in [6, 6.07) is 18.6. The lowest BCUT2D eigenvalue weighted by Gasteiger charge is -2.11. The quantitative estimate of drug-likeness (QED) is 0.208. The number of hydrazone groups is 1. The van der Waals surface area contributed by atoms with E-state index >= 15 is 0 Å². The van der Waals surface area contributed by atoms with E-state index in [1.54, 1.807) is 30.6 Å². The number of hydrogen-bond donors (Lipinski definition) is 1. The molecule has 0 aliphatic heterocycles. The van der Waals surface area contributed by atoms with Crippen LogP contribution in [0.4, 0.5) is 0 Å². The van der Waals surface area contributed by atoms with Gasteiger partial charge in [-0.05, 0) is 61.5 Å². The fourth-order valence-corrected chi connectivity index (χ4v) is 3.90. The van der Waals surface area contributed by atoms with E-state index in [9.17, 15) is 4.79 Å². The van der Waals surface area contributed by atoms with Crippen molar-refractivity contribution in [2.45, 2.75) is 12.1 Å². The van der Waals surface area contributed by atoms with Gasteiger partial charge in [0.05, 0.1) is 18.6 Å². The Balaban J connectivity index is 1.53. The molecule has 0 fully saturated rings. The van der Waals surface area contributed by atoms with Crippen LogP contribution in [0.15, 0.2) is 83.3 Å². The second-order valence-corrected chi connectivity index (χ2v) is 8.32. The minimum Gasteiger partial charge on any atom is -0.494 e. The fraction of sp³-hybridized carbons (Fsp3) is 0.125. The van der Waals surface area contributed by atoms with Crippen molar-refractivity contribution >= 4 is 35.5 Å². The first-order valence-corrected chi connectivity index (χ1v) is 11.8. The first kappa shape index (κ1) is 23.5. The number of amides is 1. The van der Waals surface area contributed by atoms with Gasteiger partial charge in [-0.25, -0.2) is 5.43 Å². The molecule has 1 N–H and O–H groups in total. The standard InChI is InChI=1S/C24H21ClN6O2S/c1-2-33-21-11-9-20(10-12-21)31-23(18-5-7-19(25)8-6-18)29-30-24(31)34-16-22(32)28-27-15-17-4-3-13-26-14-17/h3-15H,2,16H2,1H3,(H,28,32). The number of ether oxygens (including phenoxy) is 1. The molecule has 0 aliphatic carbocycles. The molecule has 0 radical (unpaired) electrons. The number of hydrogen-bond acceptors (Lipinski definition) is 7. The Kier molecular flexibility index (Phi) is 7.90. The minimum absolute atomic E-state index is 0.111. The molecule has 0 aliphatic rings. The molecule has 0 unspecified atom stereocenters. The maximum atomic E-state index is 12.3. The van der Waals surface area contributed by atoms with E-state index in [0.29, 0.717) is 22.6 Å². The molecule has 0 saturated carbocycles. The zero-order valence-electron chi connectivity index (χ0n) is 18.3. The lowest BCUT2D eigenvalue weighted by atomic mass is 10.2. The van der Waals surface area contributed by atoms with Gasteiger partial charge in [-0.15, -0.1) is 10.2 Å². The van der Waals surface area contributed by atoms with Crippen LogP contribution in [-0.2, 0) is 4.79 Å². The van der Waals surface area contributed by atoms with E-state index in [-0.39, 0.29) is 11.7 Å². The molecule has 8 nitrogen and oxygen atoms in total. The molecule has 172 valence electrons. The Morgan fingerprint density at radius 1 is 1.15 bits per heavy atom. The fourth-order valence-electron chi connectivity index (χ4n) is 3.03. The first-order valence-electron chi connectivity index (χ1n) is 10.4. The predicted octanol–water partition coefficient (Wildman–Crippen LogP) is 4.62. The van der Waals surface area contributed by atoms with Gasteiger partial charge >= 0.3 is 0 Å². The number of nitrogens with one attached hydrogen (secondary N) is 1. The van der Waals surface area contributed by atoms with Gasteiger partial charge in [-0.1, -0.05) is 29.4 Å². The number of aromatic nitrogens is 4. The number of carbonyl (C=O) groups is 1. The van der Waals surface area contributed by atoms with Crippen molar-refractivity contribution in [2.24, 2.45) is 5.10 Å². The van der Waals surface area contributed by atoms with Gasteiger partial charge in [-0.2, -0.15) is 5.10 Å². The Labute approximate surface area is 206 Å². The molecule has 4 rings (SSSR count). The summed E-state index contributed by atoms with van der Waals surface area (Å²) in [5.74, 6) is 1.25. The summed E-state index contributed by atoms with van der Waals surface area (Å²) in [5, 5.41) is 13.9. The lowest BCUT2D eigenvalue weighted by Crippen LogP contribution is -2.20.